The maximum Gasteiger partial charge on any atom is 0.407 e. The largest absolute Gasteiger partial charge is 0.507 e. The number of aliphatic hydroxyl groups excluding tert-OH is 2. The molecule has 0 heterocycles. The molecule has 0 fully saturated rings. The number of hydrogen-bond acceptors (Lipinski definition) is 6. The number of ether oxygens (including phenoxy) is 1. The van der Waals surface area contributed by atoms with Gasteiger partial charge in [0.2, 0.25) is 0 Å². The van der Waals surface area contributed by atoms with Gasteiger partial charge in [-0.3, -0.25) is 0 Å². The first-order valence-corrected chi connectivity index (χ1v) is 6.90. The van der Waals surface area contributed by atoms with Crippen LogP contribution in [0, 0.1) is 0 Å². The van der Waals surface area contributed by atoms with Crippen LogP contribution in [0.4, 0.5) is 4.79 Å². The Labute approximate surface area is 133 Å². The second-order valence-corrected chi connectivity index (χ2v) is 5.98. The number of carboxylic acid groups (broad SMARTS) is 1. The fourth-order valence-electron chi connectivity index (χ4n) is 1.74. The van der Waals surface area contributed by atoms with E-state index >= 15 is 0 Å². The minimum atomic E-state index is -1.44. The van der Waals surface area contributed by atoms with Crippen molar-refractivity contribution in [3.05, 3.63) is 29.3 Å². The summed E-state index contributed by atoms with van der Waals surface area (Å²) >= 11 is 0. The first-order chi connectivity index (χ1) is 10.5. The van der Waals surface area contributed by atoms with Crippen LogP contribution < -0.4 is 5.32 Å². The monoisotopic (exact) mass is 327 g/mol. The Hall–Kier alpha value is -2.32. The molecule has 0 aliphatic carbocycles. The van der Waals surface area contributed by atoms with Gasteiger partial charge in [-0.25, -0.2) is 9.59 Å². The van der Waals surface area contributed by atoms with E-state index in [-0.39, 0.29) is 12.1 Å². The molecule has 128 valence electrons. The summed E-state index contributed by atoms with van der Waals surface area (Å²) in [6.45, 7) is 4.75. The van der Waals surface area contributed by atoms with E-state index in [1.165, 1.54) is 6.07 Å². The molecule has 1 rings (SSSR count). The Bertz CT molecular complexity index is 580. The molecule has 0 bridgehead atoms. The number of carbonyl (C=O) groups excluding carboxylic acids is 1. The summed E-state index contributed by atoms with van der Waals surface area (Å²) in [6, 6.07) is 3.44. The third-order valence-corrected chi connectivity index (χ3v) is 2.81. The number of aromatic hydroxyl groups is 1. The van der Waals surface area contributed by atoms with Crippen LogP contribution in [0.5, 0.6) is 5.75 Å². The van der Waals surface area contributed by atoms with Gasteiger partial charge in [0.1, 0.15) is 29.1 Å². The van der Waals surface area contributed by atoms with E-state index in [0.29, 0.717) is 0 Å². The zero-order valence-corrected chi connectivity index (χ0v) is 13.1. The Balaban J connectivity index is 2.70. The summed E-state index contributed by atoms with van der Waals surface area (Å²) in [4.78, 5) is 22.4. The number of hydrogen-bond donors (Lipinski definition) is 5. The van der Waals surface area contributed by atoms with Crippen molar-refractivity contribution >= 4 is 12.1 Å². The van der Waals surface area contributed by atoms with Crippen molar-refractivity contribution in [3.8, 4) is 5.75 Å². The highest BCUT2D eigenvalue weighted by Crippen LogP contribution is 2.24. The van der Waals surface area contributed by atoms with Crippen molar-refractivity contribution in [2.24, 2.45) is 0 Å². The molecule has 2 atom stereocenters. The van der Waals surface area contributed by atoms with E-state index in [2.05, 4.69) is 5.32 Å². The zero-order chi connectivity index (χ0) is 17.8. The topological polar surface area (TPSA) is 136 Å². The molecule has 5 N–H and O–H groups in total. The lowest BCUT2D eigenvalue weighted by molar-refractivity contribution is 0.0129. The maximum absolute atomic E-state index is 11.5. The maximum atomic E-state index is 11.5. The second-order valence-electron chi connectivity index (χ2n) is 5.98. The second kappa shape index (κ2) is 7.30. The van der Waals surface area contributed by atoms with E-state index in [4.69, 9.17) is 9.84 Å². The van der Waals surface area contributed by atoms with E-state index in [1.807, 2.05) is 0 Å². The number of rotatable bonds is 5. The molecule has 1 aromatic rings. The summed E-state index contributed by atoms with van der Waals surface area (Å²) in [5.74, 6) is -1.81. The quantitative estimate of drug-likeness (QED) is 0.544. The van der Waals surface area contributed by atoms with E-state index in [0.717, 1.165) is 12.1 Å². The van der Waals surface area contributed by atoms with Crippen LogP contribution in [-0.4, -0.2) is 50.7 Å². The molecule has 0 spiro atoms. The van der Waals surface area contributed by atoms with Crippen molar-refractivity contribution in [1.29, 1.82) is 0 Å². The number of benzene rings is 1. The molecule has 2 unspecified atom stereocenters. The fraction of sp³-hybridized carbons (Fsp3) is 0.467. The standard InChI is InChI=1S/C15H21NO7/c1-15(2,3)23-14(22)16-7-11(18)12(19)8-4-5-10(17)9(6-8)13(20)21/h4-6,11-12,17-19H,7H2,1-3H3,(H,16,22)(H,20,21). The normalized spacial score (nSPS) is 14.0. The molecule has 23 heavy (non-hydrogen) atoms. The molecule has 0 saturated carbocycles. The highest BCUT2D eigenvalue weighted by Gasteiger charge is 2.23. The number of carboxylic acids is 1. The van der Waals surface area contributed by atoms with E-state index in [9.17, 15) is 24.9 Å². The van der Waals surface area contributed by atoms with Crippen LogP contribution >= 0.6 is 0 Å². The predicted octanol–water partition coefficient (Wildman–Crippen LogP) is 1.01. The van der Waals surface area contributed by atoms with E-state index in [1.54, 1.807) is 20.8 Å². The molecule has 1 amide bonds. The van der Waals surface area contributed by atoms with Crippen molar-refractivity contribution in [2.75, 3.05) is 6.54 Å². The van der Waals surface area contributed by atoms with Crippen LogP contribution in [-0.2, 0) is 4.74 Å². The van der Waals surface area contributed by atoms with Crippen molar-refractivity contribution in [3.63, 3.8) is 0 Å². The first kappa shape index (κ1) is 18.7. The van der Waals surface area contributed by atoms with Crippen LogP contribution in [0.25, 0.3) is 0 Å². The highest BCUT2D eigenvalue weighted by atomic mass is 16.6. The van der Waals surface area contributed by atoms with Crippen molar-refractivity contribution in [1.82, 2.24) is 5.32 Å². The fourth-order valence-corrected chi connectivity index (χ4v) is 1.74. The van der Waals surface area contributed by atoms with Gasteiger partial charge >= 0.3 is 12.1 Å². The van der Waals surface area contributed by atoms with Gasteiger partial charge in [-0.05, 0) is 38.5 Å². The van der Waals surface area contributed by atoms with Gasteiger partial charge < -0.3 is 30.5 Å². The van der Waals surface area contributed by atoms with Gasteiger partial charge in [-0.15, -0.1) is 0 Å². The number of nitrogens with one attached hydrogen (secondary N) is 1. The SMILES string of the molecule is CC(C)(C)OC(=O)NCC(O)C(O)c1ccc(O)c(C(=O)O)c1. The van der Waals surface area contributed by atoms with Crippen molar-refractivity contribution < 1.29 is 34.8 Å². The molecule has 0 radical (unpaired) electrons. The molecular formula is C15H21NO7. The zero-order valence-electron chi connectivity index (χ0n) is 13.1. The number of alkyl carbamates (subject to hydrolysis) is 1. The number of phenols is 1. The lowest BCUT2D eigenvalue weighted by Crippen LogP contribution is -2.38. The predicted molar refractivity (Wildman–Crippen MR) is 80.3 cm³/mol. The Kier molecular flexibility index (Phi) is 5.94. The highest BCUT2D eigenvalue weighted by molar-refractivity contribution is 5.90. The molecule has 8 heteroatoms. The third-order valence-electron chi connectivity index (χ3n) is 2.81. The molecule has 0 aromatic heterocycles. The van der Waals surface area contributed by atoms with E-state index < -0.39 is 41.2 Å². The van der Waals surface area contributed by atoms with Gasteiger partial charge in [-0.2, -0.15) is 0 Å². The lowest BCUT2D eigenvalue weighted by Gasteiger charge is -2.22. The first-order valence-electron chi connectivity index (χ1n) is 6.90. The van der Waals surface area contributed by atoms with Gasteiger partial charge in [-0.1, -0.05) is 6.07 Å². The smallest absolute Gasteiger partial charge is 0.407 e. The van der Waals surface area contributed by atoms with Crippen LogP contribution in [0.15, 0.2) is 18.2 Å². The molecular weight excluding hydrogens is 306 g/mol. The van der Waals surface area contributed by atoms with Crippen LogP contribution in [0.1, 0.15) is 42.8 Å². The van der Waals surface area contributed by atoms with Gasteiger partial charge in [0.25, 0.3) is 0 Å². The van der Waals surface area contributed by atoms with Gasteiger partial charge in [0.05, 0.1) is 0 Å². The van der Waals surface area contributed by atoms with Crippen LogP contribution in [0.3, 0.4) is 0 Å². The van der Waals surface area contributed by atoms with Crippen LogP contribution in [0.2, 0.25) is 0 Å². The van der Waals surface area contributed by atoms with Gasteiger partial charge in [0, 0.05) is 6.54 Å². The minimum absolute atomic E-state index is 0.0960. The Morgan fingerprint density at radius 3 is 2.39 bits per heavy atom. The number of aliphatic hydroxyl groups is 2. The molecule has 1 aromatic carbocycles. The molecule has 8 nitrogen and oxygen atoms in total. The summed E-state index contributed by atoms with van der Waals surface area (Å²) in [5, 5.41) is 40.5. The number of aromatic carboxylic acids is 1. The molecule has 0 aliphatic rings. The Morgan fingerprint density at radius 2 is 1.87 bits per heavy atom. The Morgan fingerprint density at radius 1 is 1.26 bits per heavy atom. The summed E-state index contributed by atoms with van der Waals surface area (Å²) < 4.78 is 4.99. The lowest BCUT2D eigenvalue weighted by atomic mass is 10.0. The van der Waals surface area contributed by atoms with Crippen molar-refractivity contribution in [2.45, 2.75) is 38.6 Å². The average Bonchev–Trinajstić information content (AvgIpc) is 2.42. The third kappa shape index (κ3) is 5.76. The number of carbonyl (C=O) groups is 2. The number of amides is 1. The summed E-state index contributed by atoms with van der Waals surface area (Å²) in [5.41, 5.74) is -0.992. The van der Waals surface area contributed by atoms with Gasteiger partial charge in [0.15, 0.2) is 0 Å². The average molecular weight is 327 g/mol. The summed E-state index contributed by atoms with van der Waals surface area (Å²) in [7, 11) is 0. The molecule has 0 saturated heterocycles. The molecule has 0 aliphatic heterocycles. The summed E-state index contributed by atoms with van der Waals surface area (Å²) in [6.07, 6.45) is -3.57. The minimum Gasteiger partial charge on any atom is -0.507 e.